The molecular formula is C7H13NO4. The molecule has 70 valence electrons. The highest BCUT2D eigenvalue weighted by atomic mass is 16.5. The summed E-state index contributed by atoms with van der Waals surface area (Å²) in [4.78, 5) is 21.5. The van der Waals surface area contributed by atoms with E-state index in [9.17, 15) is 14.7 Å². The number of hydrogen-bond acceptors (Lipinski definition) is 4. The predicted octanol–water partition coefficient (Wildman–Crippen LogP) is -0.606. The summed E-state index contributed by atoms with van der Waals surface area (Å²) in [7, 11) is 1.14. The van der Waals surface area contributed by atoms with Crippen molar-refractivity contribution in [2.75, 3.05) is 7.11 Å². The van der Waals surface area contributed by atoms with Gasteiger partial charge < -0.3 is 15.2 Å². The Morgan fingerprint density at radius 2 is 2.08 bits per heavy atom. The molecule has 1 unspecified atom stereocenters. The smallest absolute Gasteiger partial charge is 0.359 e. The van der Waals surface area contributed by atoms with Crippen molar-refractivity contribution >= 4 is 11.9 Å². The van der Waals surface area contributed by atoms with Crippen molar-refractivity contribution in [2.24, 2.45) is 0 Å². The summed E-state index contributed by atoms with van der Waals surface area (Å²) in [6.07, 6.45) is 0.0687. The lowest BCUT2D eigenvalue weighted by Gasteiger charge is -2.23. The Morgan fingerprint density at radius 1 is 1.58 bits per heavy atom. The van der Waals surface area contributed by atoms with Crippen LogP contribution in [0.1, 0.15) is 20.3 Å². The number of esters is 1. The molecule has 1 amide bonds. The lowest BCUT2D eigenvalue weighted by Crippen LogP contribution is -2.54. The second-order valence-corrected chi connectivity index (χ2v) is 2.39. The fraction of sp³-hybridized carbons (Fsp3) is 0.714. The van der Waals surface area contributed by atoms with Crippen LogP contribution in [0.5, 0.6) is 0 Å². The van der Waals surface area contributed by atoms with Gasteiger partial charge in [-0.3, -0.25) is 4.79 Å². The van der Waals surface area contributed by atoms with Crippen molar-refractivity contribution < 1.29 is 19.4 Å². The average Bonchev–Trinajstić information content (AvgIpc) is 2.01. The third-order valence-corrected chi connectivity index (χ3v) is 1.42. The number of carbonyl (C=O) groups is 2. The van der Waals surface area contributed by atoms with Gasteiger partial charge in [-0.1, -0.05) is 6.92 Å². The molecule has 0 aromatic carbocycles. The molecule has 5 nitrogen and oxygen atoms in total. The van der Waals surface area contributed by atoms with Crippen molar-refractivity contribution in [1.82, 2.24) is 5.32 Å². The Hall–Kier alpha value is -1.10. The van der Waals surface area contributed by atoms with Crippen molar-refractivity contribution in [1.29, 1.82) is 0 Å². The Bertz CT molecular complexity index is 192. The molecule has 0 spiro atoms. The third kappa shape index (κ3) is 2.50. The Labute approximate surface area is 70.7 Å². The summed E-state index contributed by atoms with van der Waals surface area (Å²) < 4.78 is 4.30. The maximum Gasteiger partial charge on any atom is 0.359 e. The first-order chi connectivity index (χ1) is 5.46. The van der Waals surface area contributed by atoms with Crippen LogP contribution < -0.4 is 5.32 Å². The van der Waals surface area contributed by atoms with Crippen LogP contribution in [0, 0.1) is 0 Å². The molecule has 12 heavy (non-hydrogen) atoms. The van der Waals surface area contributed by atoms with Crippen LogP contribution in [-0.2, 0) is 14.3 Å². The lowest BCUT2D eigenvalue weighted by molar-refractivity contribution is -0.169. The molecular weight excluding hydrogens is 162 g/mol. The van der Waals surface area contributed by atoms with E-state index in [2.05, 4.69) is 10.1 Å². The molecule has 0 aliphatic heterocycles. The molecule has 0 bridgehead atoms. The first-order valence-corrected chi connectivity index (χ1v) is 3.55. The Balaban J connectivity index is 4.44. The van der Waals surface area contributed by atoms with Crippen LogP contribution in [0.3, 0.4) is 0 Å². The highest BCUT2D eigenvalue weighted by Crippen LogP contribution is 2.07. The Morgan fingerprint density at radius 3 is 2.33 bits per heavy atom. The first kappa shape index (κ1) is 10.9. The third-order valence-electron chi connectivity index (χ3n) is 1.42. The van der Waals surface area contributed by atoms with Gasteiger partial charge in [-0.2, -0.15) is 0 Å². The summed E-state index contributed by atoms with van der Waals surface area (Å²) in [5, 5.41) is 11.6. The number of amides is 1. The monoisotopic (exact) mass is 175 g/mol. The maximum atomic E-state index is 10.9. The number of ether oxygens (including phenoxy) is 1. The zero-order valence-corrected chi connectivity index (χ0v) is 7.38. The van der Waals surface area contributed by atoms with Gasteiger partial charge in [0.2, 0.25) is 11.6 Å². The summed E-state index contributed by atoms with van der Waals surface area (Å²) in [6.45, 7) is 2.77. The van der Waals surface area contributed by atoms with E-state index in [0.717, 1.165) is 7.11 Å². The zero-order chi connectivity index (χ0) is 9.78. The number of aliphatic hydroxyl groups is 1. The molecule has 2 N–H and O–H groups in total. The molecule has 0 fully saturated rings. The van der Waals surface area contributed by atoms with Crippen molar-refractivity contribution in [3.8, 4) is 0 Å². The van der Waals surface area contributed by atoms with E-state index in [0.29, 0.717) is 0 Å². The second kappa shape index (κ2) is 4.06. The average molecular weight is 175 g/mol. The normalized spacial score (nSPS) is 14.7. The molecule has 0 aromatic heterocycles. The van der Waals surface area contributed by atoms with Gasteiger partial charge >= 0.3 is 5.97 Å². The number of carbonyl (C=O) groups excluding carboxylic acids is 2. The minimum atomic E-state index is -1.89. The van der Waals surface area contributed by atoms with Crippen LogP contribution in [0.4, 0.5) is 0 Å². The van der Waals surface area contributed by atoms with E-state index < -0.39 is 17.6 Å². The maximum absolute atomic E-state index is 10.9. The van der Waals surface area contributed by atoms with Gasteiger partial charge in [0.15, 0.2) is 0 Å². The van der Waals surface area contributed by atoms with E-state index in [-0.39, 0.29) is 6.42 Å². The van der Waals surface area contributed by atoms with E-state index in [1.165, 1.54) is 6.92 Å². The van der Waals surface area contributed by atoms with Crippen LogP contribution in [0.25, 0.3) is 0 Å². The van der Waals surface area contributed by atoms with Crippen LogP contribution in [-0.4, -0.2) is 29.8 Å². The molecule has 0 aromatic rings. The lowest BCUT2D eigenvalue weighted by atomic mass is 10.1. The number of nitrogens with one attached hydrogen (secondary N) is 1. The highest BCUT2D eigenvalue weighted by molar-refractivity contribution is 5.85. The van der Waals surface area contributed by atoms with Gasteiger partial charge in [-0.05, 0) is 0 Å². The van der Waals surface area contributed by atoms with Gasteiger partial charge in [0.05, 0.1) is 7.11 Å². The quantitative estimate of drug-likeness (QED) is 0.443. The fourth-order valence-electron chi connectivity index (χ4n) is 0.744. The molecule has 0 aliphatic rings. The largest absolute Gasteiger partial charge is 0.465 e. The Kier molecular flexibility index (Phi) is 3.69. The minimum absolute atomic E-state index is 0.0687. The van der Waals surface area contributed by atoms with E-state index >= 15 is 0 Å². The molecule has 0 aliphatic carbocycles. The standard InChI is InChI=1S/C7H13NO4/c1-4-7(11,6(10)12-3)8-5(2)9/h11H,4H2,1-3H3,(H,8,9). The molecule has 0 rings (SSSR count). The van der Waals surface area contributed by atoms with E-state index in [4.69, 9.17) is 0 Å². The van der Waals surface area contributed by atoms with E-state index in [1.807, 2.05) is 0 Å². The first-order valence-electron chi connectivity index (χ1n) is 3.55. The van der Waals surface area contributed by atoms with Gasteiger partial charge in [0.1, 0.15) is 0 Å². The molecule has 0 radical (unpaired) electrons. The molecule has 1 atom stereocenters. The minimum Gasteiger partial charge on any atom is -0.465 e. The van der Waals surface area contributed by atoms with Gasteiger partial charge in [-0.25, -0.2) is 4.79 Å². The van der Waals surface area contributed by atoms with E-state index in [1.54, 1.807) is 6.92 Å². The molecule has 5 heteroatoms. The van der Waals surface area contributed by atoms with Crippen LogP contribution >= 0.6 is 0 Å². The summed E-state index contributed by atoms with van der Waals surface area (Å²) in [5.41, 5.74) is -1.89. The summed E-state index contributed by atoms with van der Waals surface area (Å²) in [5.74, 6) is -1.34. The van der Waals surface area contributed by atoms with Crippen molar-refractivity contribution in [2.45, 2.75) is 26.0 Å². The SMILES string of the molecule is CCC(O)(NC(C)=O)C(=O)OC. The predicted molar refractivity (Wildman–Crippen MR) is 41.1 cm³/mol. The molecule has 0 saturated heterocycles. The summed E-state index contributed by atoms with van der Waals surface area (Å²) in [6, 6.07) is 0. The molecule has 0 saturated carbocycles. The fourth-order valence-corrected chi connectivity index (χ4v) is 0.744. The molecule has 0 heterocycles. The topological polar surface area (TPSA) is 75.6 Å². The number of rotatable bonds is 3. The zero-order valence-electron chi connectivity index (χ0n) is 7.38. The van der Waals surface area contributed by atoms with Gasteiger partial charge in [-0.15, -0.1) is 0 Å². The number of methoxy groups -OCH3 is 1. The van der Waals surface area contributed by atoms with Gasteiger partial charge in [0.25, 0.3) is 0 Å². The van der Waals surface area contributed by atoms with Crippen LogP contribution in [0.15, 0.2) is 0 Å². The van der Waals surface area contributed by atoms with Crippen molar-refractivity contribution in [3.63, 3.8) is 0 Å². The second-order valence-electron chi connectivity index (χ2n) is 2.39. The highest BCUT2D eigenvalue weighted by Gasteiger charge is 2.35. The van der Waals surface area contributed by atoms with Gasteiger partial charge in [0, 0.05) is 13.3 Å². The summed E-state index contributed by atoms with van der Waals surface area (Å²) >= 11 is 0. The number of hydrogen-bond donors (Lipinski definition) is 2. The van der Waals surface area contributed by atoms with Crippen molar-refractivity contribution in [3.05, 3.63) is 0 Å². The van der Waals surface area contributed by atoms with Crippen LogP contribution in [0.2, 0.25) is 0 Å².